The van der Waals surface area contributed by atoms with E-state index in [4.69, 9.17) is 0 Å². The maximum Gasteiger partial charge on any atom is 0.0522 e. The van der Waals surface area contributed by atoms with Gasteiger partial charge in [-0.25, -0.2) is 0 Å². The van der Waals surface area contributed by atoms with Crippen molar-refractivity contribution in [1.29, 1.82) is 0 Å². The van der Waals surface area contributed by atoms with Crippen molar-refractivity contribution < 1.29 is 5.11 Å². The van der Waals surface area contributed by atoms with Crippen molar-refractivity contribution in [3.05, 3.63) is 33.8 Å². The fourth-order valence-corrected chi connectivity index (χ4v) is 1.93. The summed E-state index contributed by atoms with van der Waals surface area (Å²) >= 11 is 3.47. The van der Waals surface area contributed by atoms with Crippen molar-refractivity contribution in [2.24, 2.45) is 0 Å². The van der Waals surface area contributed by atoms with Gasteiger partial charge in [0.05, 0.1) is 6.61 Å². The summed E-state index contributed by atoms with van der Waals surface area (Å²) < 4.78 is 1.08. The Morgan fingerprint density at radius 2 is 2.00 bits per heavy atom. The van der Waals surface area contributed by atoms with Crippen LogP contribution in [0.3, 0.4) is 0 Å². The Bertz CT molecular complexity index is 318. The van der Waals surface area contributed by atoms with E-state index in [9.17, 15) is 5.11 Å². The molecular formula is C12H17BrO. The van der Waals surface area contributed by atoms with Crippen LogP contribution in [0.15, 0.2) is 22.7 Å². The summed E-state index contributed by atoms with van der Waals surface area (Å²) in [7, 11) is 0. The van der Waals surface area contributed by atoms with E-state index >= 15 is 0 Å². The minimum atomic E-state index is -0.158. The molecule has 0 amide bonds. The summed E-state index contributed by atoms with van der Waals surface area (Å²) in [6, 6.07) is 6.28. The molecule has 0 aliphatic carbocycles. The first kappa shape index (κ1) is 11.7. The molecule has 78 valence electrons. The van der Waals surface area contributed by atoms with E-state index in [2.05, 4.69) is 54.9 Å². The van der Waals surface area contributed by atoms with E-state index in [-0.39, 0.29) is 12.0 Å². The van der Waals surface area contributed by atoms with Crippen molar-refractivity contribution in [3.8, 4) is 0 Å². The standard InChI is InChI=1S/C12H17BrO/c1-4-9-5-6-10(13)7-11(9)12(2,3)8-14/h5-7,14H,4,8H2,1-3H3. The molecule has 1 rings (SSSR count). The lowest BCUT2D eigenvalue weighted by Gasteiger charge is -2.25. The number of aliphatic hydroxyl groups is 1. The van der Waals surface area contributed by atoms with Crippen LogP contribution in [0.2, 0.25) is 0 Å². The fraction of sp³-hybridized carbons (Fsp3) is 0.500. The molecule has 1 N–H and O–H groups in total. The summed E-state index contributed by atoms with van der Waals surface area (Å²) in [5, 5.41) is 9.34. The van der Waals surface area contributed by atoms with Crippen LogP contribution in [-0.4, -0.2) is 11.7 Å². The Balaban J connectivity index is 3.23. The van der Waals surface area contributed by atoms with Gasteiger partial charge < -0.3 is 5.11 Å². The van der Waals surface area contributed by atoms with Crippen molar-refractivity contribution in [2.75, 3.05) is 6.61 Å². The van der Waals surface area contributed by atoms with Crippen LogP contribution >= 0.6 is 15.9 Å². The minimum absolute atomic E-state index is 0.158. The van der Waals surface area contributed by atoms with Crippen molar-refractivity contribution in [3.63, 3.8) is 0 Å². The summed E-state index contributed by atoms with van der Waals surface area (Å²) in [6.45, 7) is 6.44. The highest BCUT2D eigenvalue weighted by molar-refractivity contribution is 9.10. The zero-order valence-corrected chi connectivity index (χ0v) is 10.6. The Morgan fingerprint density at radius 3 is 2.50 bits per heavy atom. The van der Waals surface area contributed by atoms with Crippen LogP contribution in [0.5, 0.6) is 0 Å². The van der Waals surface area contributed by atoms with Crippen molar-refractivity contribution in [1.82, 2.24) is 0 Å². The maximum absolute atomic E-state index is 9.34. The van der Waals surface area contributed by atoms with E-state index in [1.54, 1.807) is 0 Å². The Morgan fingerprint density at radius 1 is 1.36 bits per heavy atom. The number of hydrogen-bond donors (Lipinski definition) is 1. The van der Waals surface area contributed by atoms with Gasteiger partial charge in [-0.2, -0.15) is 0 Å². The van der Waals surface area contributed by atoms with Crippen LogP contribution in [0.1, 0.15) is 31.9 Å². The molecule has 1 nitrogen and oxygen atoms in total. The Hall–Kier alpha value is -0.340. The van der Waals surface area contributed by atoms with Gasteiger partial charge in [-0.1, -0.05) is 42.8 Å². The number of aliphatic hydroxyl groups excluding tert-OH is 1. The highest BCUT2D eigenvalue weighted by Crippen LogP contribution is 2.29. The second kappa shape index (κ2) is 4.45. The van der Waals surface area contributed by atoms with Crippen LogP contribution in [0.25, 0.3) is 0 Å². The first-order valence-electron chi connectivity index (χ1n) is 4.91. The third-order valence-corrected chi connectivity index (χ3v) is 3.07. The zero-order valence-electron chi connectivity index (χ0n) is 8.97. The van der Waals surface area contributed by atoms with Gasteiger partial charge in [0.25, 0.3) is 0 Å². The lowest BCUT2D eigenvalue weighted by molar-refractivity contribution is 0.217. The molecule has 0 atom stereocenters. The molecule has 14 heavy (non-hydrogen) atoms. The molecule has 0 saturated heterocycles. The summed E-state index contributed by atoms with van der Waals surface area (Å²) in [4.78, 5) is 0. The van der Waals surface area contributed by atoms with Gasteiger partial charge in [-0.15, -0.1) is 0 Å². The van der Waals surface area contributed by atoms with Crippen LogP contribution in [-0.2, 0) is 11.8 Å². The Kier molecular flexibility index (Phi) is 3.73. The number of rotatable bonds is 3. The molecular weight excluding hydrogens is 240 g/mol. The zero-order chi connectivity index (χ0) is 10.8. The summed E-state index contributed by atoms with van der Waals surface area (Å²) in [6.07, 6.45) is 1.01. The lowest BCUT2D eigenvalue weighted by atomic mass is 9.82. The monoisotopic (exact) mass is 256 g/mol. The molecule has 0 spiro atoms. The van der Waals surface area contributed by atoms with Gasteiger partial charge in [-0.05, 0) is 29.7 Å². The quantitative estimate of drug-likeness (QED) is 0.881. The van der Waals surface area contributed by atoms with Gasteiger partial charge in [0.2, 0.25) is 0 Å². The highest BCUT2D eigenvalue weighted by Gasteiger charge is 2.22. The average Bonchev–Trinajstić information content (AvgIpc) is 2.18. The lowest BCUT2D eigenvalue weighted by Crippen LogP contribution is -2.23. The molecule has 0 heterocycles. The molecule has 0 aliphatic heterocycles. The van der Waals surface area contributed by atoms with Gasteiger partial charge in [0.15, 0.2) is 0 Å². The SMILES string of the molecule is CCc1ccc(Br)cc1C(C)(C)CO. The highest BCUT2D eigenvalue weighted by atomic mass is 79.9. The topological polar surface area (TPSA) is 20.2 Å². The van der Waals surface area contributed by atoms with E-state index in [1.807, 2.05) is 0 Å². The predicted octanol–water partition coefficient (Wildman–Crippen LogP) is 3.28. The molecule has 0 bridgehead atoms. The molecule has 0 aliphatic rings. The smallest absolute Gasteiger partial charge is 0.0522 e. The first-order chi connectivity index (χ1) is 6.51. The van der Waals surface area contributed by atoms with Crippen molar-refractivity contribution in [2.45, 2.75) is 32.6 Å². The number of halogens is 1. The number of hydrogen-bond acceptors (Lipinski definition) is 1. The molecule has 0 unspecified atom stereocenters. The van der Waals surface area contributed by atoms with Gasteiger partial charge >= 0.3 is 0 Å². The third kappa shape index (κ3) is 2.37. The Labute approximate surface area is 94.3 Å². The number of benzene rings is 1. The molecule has 0 radical (unpaired) electrons. The second-order valence-electron chi connectivity index (χ2n) is 4.20. The average molecular weight is 257 g/mol. The molecule has 0 saturated carbocycles. The molecule has 1 aromatic carbocycles. The summed E-state index contributed by atoms with van der Waals surface area (Å²) in [5.74, 6) is 0. The van der Waals surface area contributed by atoms with Crippen LogP contribution in [0.4, 0.5) is 0 Å². The maximum atomic E-state index is 9.34. The second-order valence-corrected chi connectivity index (χ2v) is 5.11. The first-order valence-corrected chi connectivity index (χ1v) is 5.70. The normalized spacial score (nSPS) is 11.8. The van der Waals surface area contributed by atoms with E-state index in [0.717, 1.165) is 10.9 Å². The molecule has 2 heteroatoms. The van der Waals surface area contributed by atoms with Gasteiger partial charge in [-0.3, -0.25) is 0 Å². The van der Waals surface area contributed by atoms with E-state index < -0.39 is 0 Å². The number of aryl methyl sites for hydroxylation is 1. The van der Waals surface area contributed by atoms with Crippen LogP contribution < -0.4 is 0 Å². The molecule has 1 aromatic rings. The summed E-state index contributed by atoms with van der Waals surface area (Å²) in [5.41, 5.74) is 2.39. The van der Waals surface area contributed by atoms with Crippen LogP contribution in [0, 0.1) is 0 Å². The fourth-order valence-electron chi connectivity index (χ4n) is 1.57. The molecule has 0 fully saturated rings. The molecule has 0 aromatic heterocycles. The van der Waals surface area contributed by atoms with E-state index in [1.165, 1.54) is 11.1 Å². The van der Waals surface area contributed by atoms with Gasteiger partial charge in [0, 0.05) is 9.89 Å². The third-order valence-electron chi connectivity index (χ3n) is 2.58. The van der Waals surface area contributed by atoms with E-state index in [0.29, 0.717) is 0 Å². The van der Waals surface area contributed by atoms with Crippen molar-refractivity contribution >= 4 is 15.9 Å². The predicted molar refractivity (Wildman–Crippen MR) is 63.6 cm³/mol. The largest absolute Gasteiger partial charge is 0.395 e. The van der Waals surface area contributed by atoms with Gasteiger partial charge in [0.1, 0.15) is 0 Å². The minimum Gasteiger partial charge on any atom is -0.395 e.